The number of hydrogen-bond donors (Lipinski definition) is 0. The molecule has 90 valence electrons. The van der Waals surface area contributed by atoms with E-state index in [1.165, 1.54) is 11.3 Å². The van der Waals surface area contributed by atoms with Gasteiger partial charge in [0.2, 0.25) is 0 Å². The van der Waals surface area contributed by atoms with E-state index in [0.29, 0.717) is 11.0 Å². The van der Waals surface area contributed by atoms with E-state index in [9.17, 15) is 0 Å². The second kappa shape index (κ2) is 4.57. The highest BCUT2D eigenvalue weighted by atomic mass is 79.9. The maximum atomic E-state index is 6.22. The lowest BCUT2D eigenvalue weighted by Crippen LogP contribution is -1.93. The molecule has 0 aliphatic carbocycles. The molecule has 0 unspecified atom stereocenters. The van der Waals surface area contributed by atoms with Gasteiger partial charge in [0.05, 0.1) is 15.9 Å². The van der Waals surface area contributed by atoms with Crippen molar-refractivity contribution in [3.05, 3.63) is 39.0 Å². The average molecular weight is 341 g/mol. The summed E-state index contributed by atoms with van der Waals surface area (Å²) in [5.41, 5.74) is 3.68. The molecule has 1 aromatic carbocycles. The SMILES string of the molecule is Cc1c(Br)ccc2c(Cl)nc(-c3cncs3)nc12. The molecule has 0 bridgehead atoms. The molecule has 0 N–H and O–H groups in total. The molecule has 3 nitrogen and oxygen atoms in total. The Bertz CT molecular complexity index is 728. The Morgan fingerprint density at radius 3 is 2.83 bits per heavy atom. The molecule has 0 aliphatic rings. The van der Waals surface area contributed by atoms with Crippen LogP contribution in [0.2, 0.25) is 5.15 Å². The summed E-state index contributed by atoms with van der Waals surface area (Å²) in [4.78, 5) is 13.9. The lowest BCUT2D eigenvalue weighted by atomic mass is 10.1. The van der Waals surface area contributed by atoms with Crippen molar-refractivity contribution in [2.45, 2.75) is 6.92 Å². The van der Waals surface area contributed by atoms with Gasteiger partial charge >= 0.3 is 0 Å². The van der Waals surface area contributed by atoms with Crippen molar-refractivity contribution in [1.29, 1.82) is 0 Å². The molecule has 18 heavy (non-hydrogen) atoms. The number of nitrogens with zero attached hydrogens (tertiary/aromatic N) is 3. The number of fused-ring (bicyclic) bond motifs is 1. The highest BCUT2D eigenvalue weighted by Crippen LogP contribution is 2.31. The summed E-state index contributed by atoms with van der Waals surface area (Å²) in [6.45, 7) is 2.01. The first-order chi connectivity index (χ1) is 8.66. The standard InChI is InChI=1S/C12H7BrClN3S/c1-6-8(13)3-2-7-10(6)16-12(17-11(7)14)9-4-15-5-18-9/h2-5H,1H3. The third kappa shape index (κ3) is 1.92. The Labute approximate surface area is 121 Å². The van der Waals surface area contributed by atoms with Crippen molar-refractivity contribution >= 4 is 49.8 Å². The monoisotopic (exact) mass is 339 g/mol. The van der Waals surface area contributed by atoms with E-state index in [1.807, 2.05) is 19.1 Å². The molecule has 0 fully saturated rings. The largest absolute Gasteiger partial charge is 0.252 e. The molecule has 0 aliphatic heterocycles. The molecule has 0 radical (unpaired) electrons. The molecule has 2 heterocycles. The summed E-state index contributed by atoms with van der Waals surface area (Å²) < 4.78 is 1.01. The third-order valence-electron chi connectivity index (χ3n) is 2.66. The van der Waals surface area contributed by atoms with Gasteiger partial charge < -0.3 is 0 Å². The summed E-state index contributed by atoms with van der Waals surface area (Å²) in [7, 11) is 0. The quantitative estimate of drug-likeness (QED) is 0.613. The first-order valence-electron chi connectivity index (χ1n) is 5.18. The van der Waals surface area contributed by atoms with E-state index in [1.54, 1.807) is 11.7 Å². The Morgan fingerprint density at radius 2 is 2.11 bits per heavy atom. The van der Waals surface area contributed by atoms with Gasteiger partial charge in [-0.3, -0.25) is 4.98 Å². The molecule has 3 rings (SSSR count). The third-order valence-corrected chi connectivity index (χ3v) is 4.58. The molecule has 6 heteroatoms. The van der Waals surface area contributed by atoms with Gasteiger partial charge in [-0.05, 0) is 24.6 Å². The minimum absolute atomic E-state index is 0.471. The smallest absolute Gasteiger partial charge is 0.173 e. The van der Waals surface area contributed by atoms with Crippen LogP contribution in [0.5, 0.6) is 0 Å². The topological polar surface area (TPSA) is 38.7 Å². The zero-order valence-corrected chi connectivity index (χ0v) is 12.5. The number of hydrogen-bond acceptors (Lipinski definition) is 4. The van der Waals surface area contributed by atoms with Crippen LogP contribution in [0.3, 0.4) is 0 Å². The predicted octanol–water partition coefficient (Wildman–Crippen LogP) is 4.48. The summed E-state index contributed by atoms with van der Waals surface area (Å²) in [5, 5.41) is 1.34. The van der Waals surface area contributed by atoms with Crippen molar-refractivity contribution in [2.24, 2.45) is 0 Å². The van der Waals surface area contributed by atoms with Crippen molar-refractivity contribution in [1.82, 2.24) is 15.0 Å². The van der Waals surface area contributed by atoms with E-state index in [2.05, 4.69) is 30.9 Å². The number of aryl methyl sites for hydroxylation is 1. The second-order valence-electron chi connectivity index (χ2n) is 3.77. The molecule has 0 saturated carbocycles. The van der Waals surface area contributed by atoms with Crippen molar-refractivity contribution in [2.75, 3.05) is 0 Å². The van der Waals surface area contributed by atoms with Gasteiger partial charge in [0.15, 0.2) is 5.82 Å². The van der Waals surface area contributed by atoms with Crippen molar-refractivity contribution < 1.29 is 0 Å². The maximum absolute atomic E-state index is 6.22. The molecule has 2 aromatic heterocycles. The van der Waals surface area contributed by atoms with Gasteiger partial charge in [-0.2, -0.15) is 0 Å². The Kier molecular flexibility index (Phi) is 3.05. The van der Waals surface area contributed by atoms with Crippen LogP contribution in [0, 0.1) is 6.92 Å². The summed E-state index contributed by atoms with van der Waals surface area (Å²) in [6.07, 6.45) is 1.75. The maximum Gasteiger partial charge on any atom is 0.173 e. The van der Waals surface area contributed by atoms with Crippen LogP contribution >= 0.6 is 38.9 Å². The Hall–Kier alpha value is -1.04. The molecule has 0 amide bonds. The Balaban J connectivity index is 2.35. The van der Waals surface area contributed by atoms with Gasteiger partial charge in [-0.25, -0.2) is 9.97 Å². The first kappa shape index (κ1) is 12.0. The van der Waals surface area contributed by atoms with Crippen LogP contribution in [0.15, 0.2) is 28.3 Å². The van der Waals surface area contributed by atoms with Gasteiger partial charge in [0.25, 0.3) is 0 Å². The summed E-state index contributed by atoms with van der Waals surface area (Å²) >= 11 is 11.2. The normalized spacial score (nSPS) is 11.1. The van der Waals surface area contributed by atoms with Gasteiger partial charge in [-0.1, -0.05) is 27.5 Å². The second-order valence-corrected chi connectivity index (χ2v) is 5.87. The fourth-order valence-corrected chi connectivity index (χ4v) is 2.81. The summed E-state index contributed by atoms with van der Waals surface area (Å²) in [5.74, 6) is 0.621. The van der Waals surface area contributed by atoms with E-state index in [-0.39, 0.29) is 0 Å². The van der Waals surface area contributed by atoms with Crippen LogP contribution in [-0.4, -0.2) is 15.0 Å². The molecule has 0 saturated heterocycles. The molecule has 0 atom stereocenters. The van der Waals surface area contributed by atoms with Crippen LogP contribution in [-0.2, 0) is 0 Å². The highest BCUT2D eigenvalue weighted by Gasteiger charge is 2.12. The molecule has 0 spiro atoms. The number of aromatic nitrogens is 3. The predicted molar refractivity (Wildman–Crippen MR) is 78.1 cm³/mol. The molecule has 3 aromatic rings. The lowest BCUT2D eigenvalue weighted by molar-refractivity contribution is 1.22. The molecular weight excluding hydrogens is 334 g/mol. The zero-order chi connectivity index (χ0) is 12.7. The number of thiazole rings is 1. The van der Waals surface area contributed by atoms with E-state index < -0.39 is 0 Å². The summed E-state index contributed by atoms with van der Waals surface area (Å²) in [6, 6.07) is 3.88. The van der Waals surface area contributed by atoms with Gasteiger partial charge in [0.1, 0.15) is 5.15 Å². The van der Waals surface area contributed by atoms with E-state index >= 15 is 0 Å². The minimum atomic E-state index is 0.471. The van der Waals surface area contributed by atoms with Crippen LogP contribution in [0.1, 0.15) is 5.56 Å². The fraction of sp³-hybridized carbons (Fsp3) is 0.0833. The lowest BCUT2D eigenvalue weighted by Gasteiger charge is -2.06. The highest BCUT2D eigenvalue weighted by molar-refractivity contribution is 9.10. The number of halogens is 2. The minimum Gasteiger partial charge on any atom is -0.252 e. The van der Waals surface area contributed by atoms with Gasteiger partial charge in [-0.15, -0.1) is 11.3 Å². The van der Waals surface area contributed by atoms with Crippen LogP contribution in [0.25, 0.3) is 21.6 Å². The van der Waals surface area contributed by atoms with Crippen molar-refractivity contribution in [3.8, 4) is 10.7 Å². The zero-order valence-electron chi connectivity index (χ0n) is 9.32. The van der Waals surface area contributed by atoms with Crippen molar-refractivity contribution in [3.63, 3.8) is 0 Å². The van der Waals surface area contributed by atoms with Crippen LogP contribution in [0.4, 0.5) is 0 Å². The van der Waals surface area contributed by atoms with Crippen LogP contribution < -0.4 is 0 Å². The Morgan fingerprint density at radius 1 is 1.28 bits per heavy atom. The van der Waals surface area contributed by atoms with E-state index in [0.717, 1.165) is 25.8 Å². The number of rotatable bonds is 1. The van der Waals surface area contributed by atoms with Gasteiger partial charge in [0, 0.05) is 16.1 Å². The molecular formula is C12H7BrClN3S. The van der Waals surface area contributed by atoms with E-state index in [4.69, 9.17) is 11.6 Å². The fourth-order valence-electron chi connectivity index (χ4n) is 1.71. The number of benzene rings is 1. The first-order valence-corrected chi connectivity index (χ1v) is 7.23. The average Bonchev–Trinajstić information content (AvgIpc) is 2.88.